The minimum Gasteiger partial charge on any atom is -0.469 e. The molecule has 0 saturated heterocycles. The minimum atomic E-state index is -0.446. The number of fused-ring (bicyclic) bond motifs is 1. The molecule has 0 N–H and O–H groups in total. The van der Waals surface area contributed by atoms with Gasteiger partial charge in [-0.3, -0.25) is 4.79 Å². The van der Waals surface area contributed by atoms with E-state index in [2.05, 4.69) is 18.7 Å². The third kappa shape index (κ3) is 2.78. The second-order valence-corrected chi connectivity index (χ2v) is 6.69. The highest BCUT2D eigenvalue weighted by Gasteiger charge is 2.37. The van der Waals surface area contributed by atoms with Crippen LogP contribution in [0.5, 0.6) is 0 Å². The van der Waals surface area contributed by atoms with Gasteiger partial charge in [-0.25, -0.2) is 0 Å². The summed E-state index contributed by atoms with van der Waals surface area (Å²) in [5, 5.41) is 0. The summed E-state index contributed by atoms with van der Waals surface area (Å²) in [4.78, 5) is 25.7. The fraction of sp³-hybridized carbons (Fsp3) is 0.200. The number of aldehydes is 1. The molecule has 0 bridgehead atoms. The number of carbonyl (C=O) groups excluding carboxylic acids is 2. The number of carbonyl (C=O) groups is 2. The summed E-state index contributed by atoms with van der Waals surface area (Å²) in [6.45, 7) is 3.82. The van der Waals surface area contributed by atoms with Crippen LogP contribution in [0.15, 0.2) is 70.5 Å². The van der Waals surface area contributed by atoms with Crippen LogP contribution in [-0.2, 0) is 14.3 Å². The maximum absolute atomic E-state index is 12.2. The molecule has 4 heteroatoms. The fourth-order valence-corrected chi connectivity index (χ4v) is 4.47. The molecule has 3 rings (SSSR count). The van der Waals surface area contributed by atoms with Gasteiger partial charge in [0.1, 0.15) is 6.29 Å². The second-order valence-electron chi connectivity index (χ2n) is 5.61. The van der Waals surface area contributed by atoms with Gasteiger partial charge in [-0.2, -0.15) is 0 Å². The summed E-state index contributed by atoms with van der Waals surface area (Å²) >= 11 is 1.67. The van der Waals surface area contributed by atoms with Gasteiger partial charge >= 0.3 is 5.97 Å². The van der Waals surface area contributed by atoms with E-state index >= 15 is 0 Å². The third-order valence-electron chi connectivity index (χ3n) is 4.32. The number of hydrogen-bond acceptors (Lipinski definition) is 4. The molecule has 2 atom stereocenters. The summed E-state index contributed by atoms with van der Waals surface area (Å²) in [5.41, 5.74) is 3.17. The number of benzene rings is 1. The summed E-state index contributed by atoms with van der Waals surface area (Å²) in [6, 6.07) is 8.14. The fourth-order valence-electron chi connectivity index (χ4n) is 3.28. The number of methoxy groups -OCH3 is 1. The van der Waals surface area contributed by atoms with Crippen LogP contribution in [-0.4, -0.2) is 19.4 Å². The Labute approximate surface area is 145 Å². The smallest absolute Gasteiger partial charge is 0.313 e. The van der Waals surface area contributed by atoms with E-state index in [1.54, 1.807) is 17.8 Å². The standard InChI is InChI=1S/C20H18O3S/c1-3-6-14-13-7-4-5-8-17(13)24-18-10-9-16(20(22)23-2)15(11-12-21)19(14)18/h3-10,12,15-16H,1,11H2,2H3/b14-6-. The lowest BCUT2D eigenvalue weighted by Crippen LogP contribution is -2.29. The predicted octanol–water partition coefficient (Wildman–Crippen LogP) is 4.18. The Morgan fingerprint density at radius 2 is 2.17 bits per heavy atom. The van der Waals surface area contributed by atoms with Gasteiger partial charge in [0.25, 0.3) is 0 Å². The molecule has 24 heavy (non-hydrogen) atoms. The molecular weight excluding hydrogens is 320 g/mol. The van der Waals surface area contributed by atoms with E-state index in [1.165, 1.54) is 7.11 Å². The average Bonchev–Trinajstić information content (AvgIpc) is 2.61. The molecule has 1 aromatic carbocycles. The Morgan fingerprint density at radius 3 is 2.88 bits per heavy atom. The molecule has 0 saturated carbocycles. The number of allylic oxidation sites excluding steroid dienone is 5. The van der Waals surface area contributed by atoms with Gasteiger partial charge in [-0.1, -0.05) is 60.8 Å². The highest BCUT2D eigenvalue weighted by atomic mass is 32.2. The first-order valence-corrected chi connectivity index (χ1v) is 8.57. The lowest BCUT2D eigenvalue weighted by Gasteiger charge is -2.34. The maximum atomic E-state index is 12.2. The van der Waals surface area contributed by atoms with Crippen LogP contribution in [0.4, 0.5) is 0 Å². The molecule has 0 aromatic heterocycles. The number of ether oxygens (including phenoxy) is 1. The average molecular weight is 338 g/mol. The van der Waals surface area contributed by atoms with Crippen molar-refractivity contribution in [2.75, 3.05) is 7.11 Å². The van der Waals surface area contributed by atoms with E-state index in [-0.39, 0.29) is 18.3 Å². The van der Waals surface area contributed by atoms with Crippen molar-refractivity contribution in [3.05, 3.63) is 71.2 Å². The zero-order valence-corrected chi connectivity index (χ0v) is 14.2. The lowest BCUT2D eigenvalue weighted by atomic mass is 9.75. The molecule has 0 radical (unpaired) electrons. The molecule has 1 aromatic rings. The monoisotopic (exact) mass is 338 g/mol. The second kappa shape index (κ2) is 7.05. The van der Waals surface area contributed by atoms with Gasteiger partial charge in [-0.15, -0.1) is 0 Å². The van der Waals surface area contributed by atoms with Crippen molar-refractivity contribution in [2.45, 2.75) is 11.3 Å². The molecule has 2 unspecified atom stereocenters. The number of thioether (sulfide) groups is 1. The highest BCUT2D eigenvalue weighted by molar-refractivity contribution is 8.03. The Morgan fingerprint density at radius 1 is 1.38 bits per heavy atom. The van der Waals surface area contributed by atoms with Gasteiger partial charge in [0.15, 0.2) is 0 Å². The summed E-state index contributed by atoms with van der Waals surface area (Å²) in [5.74, 6) is -0.980. The molecule has 1 aliphatic carbocycles. The van der Waals surface area contributed by atoms with E-state index in [0.29, 0.717) is 0 Å². The van der Waals surface area contributed by atoms with Crippen molar-refractivity contribution < 1.29 is 14.3 Å². The summed E-state index contributed by atoms with van der Waals surface area (Å²) < 4.78 is 4.94. The Kier molecular flexibility index (Phi) is 4.86. The molecule has 1 aliphatic heterocycles. The first-order valence-electron chi connectivity index (χ1n) is 7.75. The third-order valence-corrected chi connectivity index (χ3v) is 5.47. The Bertz CT molecular complexity index is 786. The number of esters is 1. The molecule has 0 spiro atoms. The molecular formula is C20H18O3S. The van der Waals surface area contributed by atoms with Crippen LogP contribution in [0.25, 0.3) is 5.57 Å². The maximum Gasteiger partial charge on any atom is 0.313 e. The number of hydrogen-bond donors (Lipinski definition) is 0. The SMILES string of the molecule is C=C/C=C1\C2=C(C=CC(C(=O)OC)C2CC=O)Sc2ccccc21. The minimum absolute atomic E-state index is 0.220. The quantitative estimate of drug-likeness (QED) is 0.610. The van der Waals surface area contributed by atoms with Crippen LogP contribution in [0.1, 0.15) is 12.0 Å². The van der Waals surface area contributed by atoms with Gasteiger partial charge in [0, 0.05) is 22.1 Å². The summed E-state index contributed by atoms with van der Waals surface area (Å²) in [6.07, 6.45) is 8.68. The predicted molar refractivity (Wildman–Crippen MR) is 96.3 cm³/mol. The van der Waals surface area contributed by atoms with Gasteiger partial charge in [0.05, 0.1) is 13.0 Å². The van der Waals surface area contributed by atoms with Gasteiger partial charge < -0.3 is 9.53 Å². The van der Waals surface area contributed by atoms with E-state index in [9.17, 15) is 9.59 Å². The van der Waals surface area contributed by atoms with Crippen molar-refractivity contribution in [1.29, 1.82) is 0 Å². The van der Waals surface area contributed by atoms with Crippen molar-refractivity contribution in [1.82, 2.24) is 0 Å². The highest BCUT2D eigenvalue weighted by Crippen LogP contribution is 2.51. The van der Waals surface area contributed by atoms with E-state index in [4.69, 9.17) is 4.74 Å². The molecule has 122 valence electrons. The van der Waals surface area contributed by atoms with Crippen molar-refractivity contribution in [3.8, 4) is 0 Å². The topological polar surface area (TPSA) is 43.4 Å². The van der Waals surface area contributed by atoms with Gasteiger partial charge in [-0.05, 0) is 22.8 Å². The van der Waals surface area contributed by atoms with E-state index in [0.717, 1.165) is 32.8 Å². The van der Waals surface area contributed by atoms with Crippen LogP contribution < -0.4 is 0 Å². The summed E-state index contributed by atoms with van der Waals surface area (Å²) in [7, 11) is 1.38. The first kappa shape index (κ1) is 16.5. The Hall–Kier alpha value is -2.33. The number of rotatable bonds is 4. The Balaban J connectivity index is 2.16. The van der Waals surface area contributed by atoms with Crippen LogP contribution in [0, 0.1) is 11.8 Å². The zero-order chi connectivity index (χ0) is 17.1. The largest absolute Gasteiger partial charge is 0.469 e. The van der Waals surface area contributed by atoms with E-state index in [1.807, 2.05) is 30.4 Å². The molecule has 3 nitrogen and oxygen atoms in total. The zero-order valence-electron chi connectivity index (χ0n) is 13.4. The van der Waals surface area contributed by atoms with Crippen molar-refractivity contribution >= 4 is 29.6 Å². The van der Waals surface area contributed by atoms with Crippen molar-refractivity contribution in [2.24, 2.45) is 11.8 Å². The van der Waals surface area contributed by atoms with Crippen molar-refractivity contribution in [3.63, 3.8) is 0 Å². The molecule has 0 amide bonds. The van der Waals surface area contributed by atoms with Crippen LogP contribution >= 0.6 is 11.8 Å². The van der Waals surface area contributed by atoms with Gasteiger partial charge in [0.2, 0.25) is 0 Å². The normalized spacial score (nSPS) is 23.5. The molecule has 1 heterocycles. The van der Waals surface area contributed by atoms with Crippen LogP contribution in [0.2, 0.25) is 0 Å². The first-order chi connectivity index (χ1) is 11.7. The molecule has 2 aliphatic rings. The lowest BCUT2D eigenvalue weighted by molar-refractivity contribution is -0.145. The molecule has 0 fully saturated rings. The van der Waals surface area contributed by atoms with E-state index < -0.39 is 5.92 Å². The van der Waals surface area contributed by atoms with Crippen LogP contribution in [0.3, 0.4) is 0 Å².